The van der Waals surface area contributed by atoms with Gasteiger partial charge in [0.05, 0.1) is 16.8 Å². The van der Waals surface area contributed by atoms with Crippen LogP contribution in [-0.2, 0) is 14.8 Å². The van der Waals surface area contributed by atoms with E-state index in [2.05, 4.69) is 21.9 Å². The van der Waals surface area contributed by atoms with Gasteiger partial charge in [0.1, 0.15) is 5.75 Å². The number of piperidine rings is 1. The molecule has 0 atom stereocenters. The van der Waals surface area contributed by atoms with Gasteiger partial charge in [-0.1, -0.05) is 40.3 Å². The minimum Gasteiger partial charge on any atom is -0.437 e. The number of carbonyl (C=O) groups excluding carboxylic acids is 1. The van der Waals surface area contributed by atoms with E-state index in [1.165, 1.54) is 22.6 Å². The number of hydrogen-bond acceptors (Lipinski definition) is 6. The number of aromatic nitrogens is 2. The molecule has 32 heavy (non-hydrogen) atoms. The molecule has 1 aromatic heterocycles. The molecule has 2 aromatic rings. The Morgan fingerprint density at radius 2 is 1.88 bits per heavy atom. The molecule has 3 rings (SSSR count). The van der Waals surface area contributed by atoms with Crippen LogP contribution in [0.25, 0.3) is 0 Å². The van der Waals surface area contributed by atoms with E-state index in [1.54, 1.807) is 31.3 Å². The Kier molecular flexibility index (Phi) is 6.44. The minimum absolute atomic E-state index is 0.135. The van der Waals surface area contributed by atoms with E-state index in [0.717, 1.165) is 0 Å². The number of rotatable bonds is 6. The molecule has 9 heteroatoms. The van der Waals surface area contributed by atoms with E-state index in [1.807, 2.05) is 27.7 Å². The predicted octanol–water partition coefficient (Wildman–Crippen LogP) is 3.30. The largest absolute Gasteiger partial charge is 0.437 e. The zero-order valence-corrected chi connectivity index (χ0v) is 19.9. The molecule has 0 unspecified atom stereocenters. The number of nitrogens with one attached hydrogen (secondary N) is 1. The standard InChI is InChI=1S/C23H30N4O4S/c1-7-19(28)26-21-22(3,4)14-27(15-23(21,5)6)32(29,30)18-10-8-9-17(11-18)31-20-13-24-12-16(2)25-20/h7-13,21H,1,14-15H2,2-6H3,(H,26,28). The quantitative estimate of drug-likeness (QED) is 0.667. The van der Waals surface area contributed by atoms with Gasteiger partial charge in [-0.3, -0.25) is 9.78 Å². The van der Waals surface area contributed by atoms with Crippen LogP contribution >= 0.6 is 0 Å². The number of hydrogen-bond donors (Lipinski definition) is 1. The van der Waals surface area contributed by atoms with Crippen LogP contribution in [-0.4, -0.2) is 47.7 Å². The number of sulfonamides is 1. The zero-order valence-electron chi connectivity index (χ0n) is 19.1. The Bertz CT molecular complexity index is 1110. The van der Waals surface area contributed by atoms with E-state index in [-0.39, 0.29) is 29.9 Å². The van der Waals surface area contributed by atoms with Crippen molar-refractivity contribution in [1.82, 2.24) is 19.6 Å². The second-order valence-electron chi connectivity index (χ2n) is 9.47. The lowest BCUT2D eigenvalue weighted by molar-refractivity contribution is -0.120. The summed E-state index contributed by atoms with van der Waals surface area (Å²) >= 11 is 0. The van der Waals surface area contributed by atoms with Crippen molar-refractivity contribution in [1.29, 1.82) is 0 Å². The van der Waals surface area contributed by atoms with Gasteiger partial charge < -0.3 is 10.1 Å². The van der Waals surface area contributed by atoms with Crippen LogP contribution in [0.5, 0.6) is 11.6 Å². The van der Waals surface area contributed by atoms with Crippen LogP contribution < -0.4 is 10.1 Å². The monoisotopic (exact) mass is 458 g/mol. The summed E-state index contributed by atoms with van der Waals surface area (Å²) in [5.74, 6) is 0.384. The number of nitrogens with zero attached hydrogens (tertiary/aromatic N) is 3. The molecule has 0 bridgehead atoms. The van der Waals surface area contributed by atoms with Crippen LogP contribution in [0, 0.1) is 17.8 Å². The number of aryl methyl sites for hydroxylation is 1. The van der Waals surface area contributed by atoms with Gasteiger partial charge in [0.2, 0.25) is 21.8 Å². The summed E-state index contributed by atoms with van der Waals surface area (Å²) in [7, 11) is -3.80. The molecule has 0 spiro atoms. The zero-order chi connectivity index (χ0) is 23.7. The van der Waals surface area contributed by atoms with Crippen molar-refractivity contribution in [3.8, 4) is 11.6 Å². The predicted molar refractivity (Wildman–Crippen MR) is 122 cm³/mol. The lowest BCUT2D eigenvalue weighted by atomic mass is 9.67. The summed E-state index contributed by atoms with van der Waals surface area (Å²) in [5.41, 5.74) is -0.306. The Balaban J connectivity index is 1.88. The summed E-state index contributed by atoms with van der Waals surface area (Å²) in [6.45, 7) is 13.7. The number of carbonyl (C=O) groups is 1. The third kappa shape index (κ3) is 4.99. The van der Waals surface area contributed by atoms with Crippen LogP contribution in [0.15, 0.2) is 54.2 Å². The van der Waals surface area contributed by atoms with Gasteiger partial charge >= 0.3 is 0 Å². The lowest BCUT2D eigenvalue weighted by Gasteiger charge is -2.52. The molecule has 0 aliphatic carbocycles. The summed E-state index contributed by atoms with van der Waals surface area (Å²) < 4.78 is 34.3. The first-order chi connectivity index (χ1) is 14.8. The SMILES string of the molecule is C=CC(=O)NC1C(C)(C)CN(S(=O)(=O)c2cccc(Oc3cncc(C)n3)c2)CC1(C)C. The maximum Gasteiger partial charge on any atom is 0.243 e. The highest BCUT2D eigenvalue weighted by molar-refractivity contribution is 7.89. The topological polar surface area (TPSA) is 101 Å². The van der Waals surface area contributed by atoms with Gasteiger partial charge in [-0.25, -0.2) is 13.4 Å². The first-order valence-corrected chi connectivity index (χ1v) is 11.8. The number of ether oxygens (including phenoxy) is 1. The molecule has 1 amide bonds. The van der Waals surface area contributed by atoms with Gasteiger partial charge in [-0.2, -0.15) is 4.31 Å². The van der Waals surface area contributed by atoms with Gasteiger partial charge in [0, 0.05) is 31.4 Å². The maximum absolute atomic E-state index is 13.5. The van der Waals surface area contributed by atoms with E-state index in [9.17, 15) is 13.2 Å². The van der Waals surface area contributed by atoms with E-state index in [4.69, 9.17) is 4.74 Å². The average molecular weight is 459 g/mol. The van der Waals surface area contributed by atoms with Gasteiger partial charge in [0.15, 0.2) is 0 Å². The van der Waals surface area contributed by atoms with Crippen molar-refractivity contribution in [3.63, 3.8) is 0 Å². The van der Waals surface area contributed by atoms with Crippen molar-refractivity contribution in [2.24, 2.45) is 10.8 Å². The van der Waals surface area contributed by atoms with Gasteiger partial charge in [-0.05, 0) is 36.0 Å². The fourth-order valence-corrected chi connectivity index (χ4v) is 6.24. The Morgan fingerprint density at radius 3 is 2.47 bits per heavy atom. The Labute approximate surface area is 189 Å². The van der Waals surface area contributed by atoms with E-state index in [0.29, 0.717) is 17.3 Å². The van der Waals surface area contributed by atoms with Crippen molar-refractivity contribution in [3.05, 3.63) is 55.0 Å². The first kappa shape index (κ1) is 23.9. The molecule has 1 saturated heterocycles. The van der Waals surface area contributed by atoms with Crippen molar-refractivity contribution < 1.29 is 17.9 Å². The normalized spacial score (nSPS) is 18.7. The summed E-state index contributed by atoms with van der Waals surface area (Å²) in [6.07, 6.45) is 4.32. The summed E-state index contributed by atoms with van der Waals surface area (Å²) in [6, 6.07) is 6.13. The average Bonchev–Trinajstić information content (AvgIpc) is 2.70. The third-order valence-electron chi connectivity index (χ3n) is 5.60. The molecule has 0 saturated carbocycles. The fourth-order valence-electron chi connectivity index (χ4n) is 4.42. The molecule has 1 fully saturated rings. The maximum atomic E-state index is 13.5. The number of amides is 1. The highest BCUT2D eigenvalue weighted by Crippen LogP contribution is 2.42. The molecular formula is C23H30N4O4S. The fraction of sp³-hybridized carbons (Fsp3) is 0.435. The second-order valence-corrected chi connectivity index (χ2v) is 11.4. The molecule has 1 aromatic carbocycles. The third-order valence-corrected chi connectivity index (χ3v) is 7.39. The first-order valence-electron chi connectivity index (χ1n) is 10.3. The molecule has 8 nitrogen and oxygen atoms in total. The highest BCUT2D eigenvalue weighted by Gasteiger charge is 2.50. The van der Waals surface area contributed by atoms with E-state index >= 15 is 0 Å². The van der Waals surface area contributed by atoms with Crippen molar-refractivity contribution in [2.75, 3.05) is 13.1 Å². The Morgan fingerprint density at radius 1 is 1.22 bits per heavy atom. The van der Waals surface area contributed by atoms with Crippen LogP contribution in [0.1, 0.15) is 33.4 Å². The number of benzene rings is 1. The Hall–Kier alpha value is -2.78. The molecule has 1 aliphatic heterocycles. The van der Waals surface area contributed by atoms with Crippen molar-refractivity contribution >= 4 is 15.9 Å². The molecule has 172 valence electrons. The molecular weight excluding hydrogens is 428 g/mol. The van der Waals surface area contributed by atoms with Crippen LogP contribution in [0.4, 0.5) is 0 Å². The van der Waals surface area contributed by atoms with Crippen LogP contribution in [0.2, 0.25) is 0 Å². The minimum atomic E-state index is -3.80. The molecule has 2 heterocycles. The summed E-state index contributed by atoms with van der Waals surface area (Å²) in [4.78, 5) is 20.4. The van der Waals surface area contributed by atoms with E-state index < -0.39 is 20.9 Å². The smallest absolute Gasteiger partial charge is 0.243 e. The molecule has 1 N–H and O–H groups in total. The van der Waals surface area contributed by atoms with Gasteiger partial charge in [0.25, 0.3) is 0 Å². The second kappa shape index (κ2) is 8.63. The molecule has 1 aliphatic rings. The van der Waals surface area contributed by atoms with Gasteiger partial charge in [-0.15, -0.1) is 0 Å². The van der Waals surface area contributed by atoms with Crippen molar-refractivity contribution in [2.45, 2.75) is 45.6 Å². The lowest BCUT2D eigenvalue weighted by Crippen LogP contribution is -2.64. The molecule has 0 radical (unpaired) electrons. The van der Waals surface area contributed by atoms with Crippen LogP contribution in [0.3, 0.4) is 0 Å². The summed E-state index contributed by atoms with van der Waals surface area (Å²) in [5, 5.41) is 2.99. The highest BCUT2D eigenvalue weighted by atomic mass is 32.2.